The molecule has 0 fully saturated rings. The minimum Gasteiger partial charge on any atom is -0.340 e. The highest BCUT2D eigenvalue weighted by Gasteiger charge is 2.42. The van der Waals surface area contributed by atoms with E-state index in [1.54, 1.807) is 0 Å². The zero-order valence-corrected chi connectivity index (χ0v) is 29.3. The van der Waals surface area contributed by atoms with Gasteiger partial charge in [0, 0.05) is 71.1 Å². The molecule has 47 heavy (non-hydrogen) atoms. The van der Waals surface area contributed by atoms with Gasteiger partial charge in [-0.05, 0) is 96.5 Å². The molecular formula is C43H34Br2N2. The predicted octanol–water partition coefficient (Wildman–Crippen LogP) is 12.7. The van der Waals surface area contributed by atoms with Gasteiger partial charge in [0.05, 0.1) is 0 Å². The number of aryl methyl sites for hydroxylation is 2. The monoisotopic (exact) mass is 736 g/mol. The van der Waals surface area contributed by atoms with E-state index in [4.69, 9.17) is 0 Å². The van der Waals surface area contributed by atoms with Crippen molar-refractivity contribution in [1.82, 2.24) is 9.13 Å². The van der Waals surface area contributed by atoms with Gasteiger partial charge in [-0.3, -0.25) is 0 Å². The molecule has 2 nitrogen and oxygen atoms in total. The number of rotatable bonds is 8. The quantitative estimate of drug-likeness (QED) is 0.147. The molecule has 6 aromatic carbocycles. The van der Waals surface area contributed by atoms with Gasteiger partial charge < -0.3 is 9.13 Å². The van der Waals surface area contributed by atoms with E-state index in [1.807, 2.05) is 0 Å². The van der Waals surface area contributed by atoms with Gasteiger partial charge in [0.1, 0.15) is 0 Å². The highest BCUT2D eigenvalue weighted by Crippen LogP contribution is 2.55. The van der Waals surface area contributed by atoms with Crippen molar-refractivity contribution in [2.75, 3.05) is 0 Å². The lowest BCUT2D eigenvalue weighted by Crippen LogP contribution is -2.26. The standard InChI is InChI=1S/C43H34Br2N2/c44-29-19-21-31-32-22-20-30(45)28-38(32)43(37(31)27-29,23-9-25-46-39-15-5-1-11-33(39)34-12-2-6-16-40(34)46)24-10-26-47-41-17-7-3-13-35(41)36-14-4-8-18-42(36)47/h1-8,11-22,27-28H,9-10,23-26H2. The van der Waals surface area contributed by atoms with Crippen LogP contribution in [0.25, 0.3) is 54.7 Å². The maximum atomic E-state index is 3.87. The molecule has 0 aliphatic heterocycles. The molecule has 0 saturated carbocycles. The molecule has 230 valence electrons. The largest absolute Gasteiger partial charge is 0.340 e. The molecule has 8 aromatic rings. The molecule has 0 radical (unpaired) electrons. The summed E-state index contributed by atoms with van der Waals surface area (Å²) in [5.41, 5.74) is 10.9. The van der Waals surface area contributed by atoms with E-state index in [1.165, 1.54) is 65.9 Å². The Morgan fingerprint density at radius 1 is 0.426 bits per heavy atom. The van der Waals surface area contributed by atoms with Crippen LogP contribution in [0.2, 0.25) is 0 Å². The summed E-state index contributed by atoms with van der Waals surface area (Å²) in [5.74, 6) is 0. The maximum absolute atomic E-state index is 3.87. The predicted molar refractivity (Wildman–Crippen MR) is 205 cm³/mol. The van der Waals surface area contributed by atoms with Crippen LogP contribution in [0.5, 0.6) is 0 Å². The van der Waals surface area contributed by atoms with Crippen LogP contribution < -0.4 is 0 Å². The van der Waals surface area contributed by atoms with Crippen molar-refractivity contribution in [3.8, 4) is 11.1 Å². The second-order valence-corrected chi connectivity index (χ2v) is 14.9. The number of hydrogen-bond donors (Lipinski definition) is 0. The summed E-state index contributed by atoms with van der Waals surface area (Å²) in [5, 5.41) is 5.36. The van der Waals surface area contributed by atoms with Gasteiger partial charge in [-0.2, -0.15) is 0 Å². The third-order valence-corrected chi connectivity index (χ3v) is 11.6. The Bertz CT molecular complexity index is 2180. The van der Waals surface area contributed by atoms with Crippen LogP contribution in [0.15, 0.2) is 142 Å². The first kappa shape index (κ1) is 29.1. The number of aromatic nitrogens is 2. The first-order chi connectivity index (χ1) is 23.1. The lowest BCUT2D eigenvalue weighted by molar-refractivity contribution is 0.397. The summed E-state index contributed by atoms with van der Waals surface area (Å²) < 4.78 is 7.40. The topological polar surface area (TPSA) is 9.86 Å². The lowest BCUT2D eigenvalue weighted by Gasteiger charge is -2.33. The average molecular weight is 739 g/mol. The molecule has 0 atom stereocenters. The second-order valence-electron chi connectivity index (χ2n) is 13.0. The van der Waals surface area contributed by atoms with Crippen LogP contribution in [0.1, 0.15) is 36.8 Å². The fourth-order valence-electron chi connectivity index (χ4n) is 8.67. The van der Waals surface area contributed by atoms with Crippen LogP contribution in [0.4, 0.5) is 0 Å². The van der Waals surface area contributed by atoms with E-state index in [0.29, 0.717) is 0 Å². The molecule has 0 bridgehead atoms. The minimum atomic E-state index is -0.0876. The summed E-state index contributed by atoms with van der Waals surface area (Å²) in [4.78, 5) is 0. The van der Waals surface area contributed by atoms with E-state index in [9.17, 15) is 0 Å². The van der Waals surface area contributed by atoms with E-state index < -0.39 is 0 Å². The molecule has 9 rings (SSSR count). The van der Waals surface area contributed by atoms with Crippen LogP contribution in [-0.4, -0.2) is 9.13 Å². The van der Waals surface area contributed by atoms with Crippen molar-refractivity contribution >= 4 is 75.5 Å². The number of hydrogen-bond acceptors (Lipinski definition) is 0. The van der Waals surface area contributed by atoms with Gasteiger partial charge in [0.15, 0.2) is 0 Å². The summed E-state index contributed by atoms with van der Waals surface area (Å²) >= 11 is 7.73. The third-order valence-electron chi connectivity index (χ3n) is 10.6. The number of fused-ring (bicyclic) bond motifs is 9. The van der Waals surface area contributed by atoms with Gasteiger partial charge in [-0.1, -0.05) is 117 Å². The highest BCUT2D eigenvalue weighted by molar-refractivity contribution is 9.10. The smallest absolute Gasteiger partial charge is 0.0491 e. The van der Waals surface area contributed by atoms with Crippen LogP contribution in [-0.2, 0) is 18.5 Å². The van der Waals surface area contributed by atoms with Gasteiger partial charge in [0.25, 0.3) is 0 Å². The Kier molecular flexibility index (Phi) is 7.13. The summed E-state index contributed by atoms with van der Waals surface area (Å²) in [6, 6.07) is 49.4. The van der Waals surface area contributed by atoms with E-state index >= 15 is 0 Å². The summed E-state index contributed by atoms with van der Waals surface area (Å²) in [6.07, 6.45) is 4.31. The van der Waals surface area contributed by atoms with Crippen LogP contribution in [0, 0.1) is 0 Å². The zero-order valence-electron chi connectivity index (χ0n) is 26.1. The lowest BCUT2D eigenvalue weighted by atomic mass is 9.71. The molecule has 1 aliphatic carbocycles. The first-order valence-electron chi connectivity index (χ1n) is 16.6. The summed E-state index contributed by atoms with van der Waals surface area (Å²) in [7, 11) is 0. The molecular weight excluding hydrogens is 704 g/mol. The summed E-state index contributed by atoms with van der Waals surface area (Å²) in [6.45, 7) is 1.96. The molecule has 0 saturated heterocycles. The van der Waals surface area contributed by atoms with Crippen LogP contribution >= 0.6 is 31.9 Å². The third kappa shape index (κ3) is 4.63. The van der Waals surface area contributed by atoms with Gasteiger partial charge in [-0.15, -0.1) is 0 Å². The fourth-order valence-corrected chi connectivity index (χ4v) is 9.39. The maximum Gasteiger partial charge on any atom is 0.0491 e. The minimum absolute atomic E-state index is 0.0876. The number of benzene rings is 6. The Labute approximate surface area is 291 Å². The Hall–Kier alpha value is -4.12. The first-order valence-corrected chi connectivity index (χ1v) is 18.2. The van der Waals surface area contributed by atoms with Crippen LogP contribution in [0.3, 0.4) is 0 Å². The Morgan fingerprint density at radius 2 is 0.766 bits per heavy atom. The fraction of sp³-hybridized carbons (Fsp3) is 0.163. The molecule has 2 aromatic heterocycles. The molecule has 0 unspecified atom stereocenters. The van der Waals surface area contributed by atoms with Crippen molar-refractivity contribution in [2.24, 2.45) is 0 Å². The molecule has 4 heteroatoms. The van der Waals surface area contributed by atoms with Gasteiger partial charge >= 0.3 is 0 Å². The number of halogens is 2. The van der Waals surface area contributed by atoms with Crippen molar-refractivity contribution in [2.45, 2.75) is 44.2 Å². The van der Waals surface area contributed by atoms with Crippen molar-refractivity contribution in [3.05, 3.63) is 154 Å². The Morgan fingerprint density at radius 3 is 1.13 bits per heavy atom. The number of para-hydroxylation sites is 4. The molecule has 0 spiro atoms. The molecule has 2 heterocycles. The van der Waals surface area contributed by atoms with Gasteiger partial charge in [-0.25, -0.2) is 0 Å². The SMILES string of the molecule is Brc1ccc2c(c1)C(CCCn1c3ccccc3c3ccccc31)(CCCn1c3ccccc3c3ccccc31)c1cc(Br)ccc1-2. The second kappa shape index (κ2) is 11.5. The van der Waals surface area contributed by atoms with E-state index in [-0.39, 0.29) is 5.41 Å². The van der Waals surface area contributed by atoms with E-state index in [0.717, 1.165) is 47.7 Å². The van der Waals surface area contributed by atoms with Crippen molar-refractivity contribution < 1.29 is 0 Å². The molecule has 0 amide bonds. The normalized spacial score (nSPS) is 13.6. The van der Waals surface area contributed by atoms with Crippen molar-refractivity contribution in [3.63, 3.8) is 0 Å². The zero-order chi connectivity index (χ0) is 31.5. The van der Waals surface area contributed by atoms with Gasteiger partial charge in [0.2, 0.25) is 0 Å². The highest BCUT2D eigenvalue weighted by atomic mass is 79.9. The van der Waals surface area contributed by atoms with E-state index in [2.05, 4.69) is 174 Å². The Balaban J connectivity index is 1.12. The number of nitrogens with zero attached hydrogens (tertiary/aromatic N) is 2. The average Bonchev–Trinajstić information content (AvgIpc) is 3.69. The molecule has 1 aliphatic rings. The molecule has 0 N–H and O–H groups in total. The van der Waals surface area contributed by atoms with Crippen molar-refractivity contribution in [1.29, 1.82) is 0 Å².